The molecule has 0 amide bonds. The molecule has 4 rings (SSSR count). The lowest BCUT2D eigenvalue weighted by Crippen LogP contribution is -2.59. The van der Waals surface area contributed by atoms with E-state index in [1.807, 2.05) is 0 Å². The average molecular weight is 236 g/mol. The highest BCUT2D eigenvalue weighted by Crippen LogP contribution is 2.65. The molecule has 5 atom stereocenters. The smallest absolute Gasteiger partial charge is 0.00958 e. The van der Waals surface area contributed by atoms with Crippen LogP contribution in [0.15, 0.2) is 0 Å². The van der Waals surface area contributed by atoms with Gasteiger partial charge in [0.05, 0.1) is 0 Å². The first kappa shape index (κ1) is 12.0. The number of hydrogen-bond donors (Lipinski definition) is 2. The Kier molecular flexibility index (Phi) is 2.79. The molecule has 2 heteroatoms. The van der Waals surface area contributed by atoms with Crippen molar-refractivity contribution in [3.63, 3.8) is 0 Å². The summed E-state index contributed by atoms with van der Waals surface area (Å²) in [6, 6.07) is 0.435. The highest BCUT2D eigenvalue weighted by molar-refractivity contribution is 5.10. The van der Waals surface area contributed by atoms with Crippen LogP contribution in [0, 0.1) is 22.7 Å². The lowest BCUT2D eigenvalue weighted by Gasteiger charge is -2.63. The maximum absolute atomic E-state index is 6.56. The van der Waals surface area contributed by atoms with Crippen molar-refractivity contribution in [2.45, 2.75) is 64.3 Å². The summed E-state index contributed by atoms with van der Waals surface area (Å²) in [5.41, 5.74) is 13.6. The molecule has 0 aromatic heterocycles. The van der Waals surface area contributed by atoms with Gasteiger partial charge in [0.2, 0.25) is 0 Å². The lowest BCUT2D eigenvalue weighted by molar-refractivity contribution is -0.117. The van der Waals surface area contributed by atoms with Gasteiger partial charge in [0.25, 0.3) is 0 Å². The maximum Gasteiger partial charge on any atom is 0.00958 e. The molecule has 4 aliphatic carbocycles. The maximum atomic E-state index is 6.56. The van der Waals surface area contributed by atoms with Gasteiger partial charge in [-0.25, -0.2) is 0 Å². The summed E-state index contributed by atoms with van der Waals surface area (Å²) in [6.07, 6.45) is 10.9. The van der Waals surface area contributed by atoms with Crippen molar-refractivity contribution >= 4 is 0 Å². The van der Waals surface area contributed by atoms with Crippen molar-refractivity contribution in [2.75, 3.05) is 6.54 Å². The molecule has 4 bridgehead atoms. The second kappa shape index (κ2) is 3.96. The quantitative estimate of drug-likeness (QED) is 0.788. The van der Waals surface area contributed by atoms with Gasteiger partial charge in [-0.2, -0.15) is 0 Å². The summed E-state index contributed by atoms with van der Waals surface area (Å²) in [5, 5.41) is 0. The molecular weight excluding hydrogens is 208 g/mol. The van der Waals surface area contributed by atoms with E-state index in [4.69, 9.17) is 11.5 Å². The lowest BCUT2D eigenvalue weighted by atomic mass is 9.42. The summed E-state index contributed by atoms with van der Waals surface area (Å²) in [6.45, 7) is 3.17. The van der Waals surface area contributed by atoms with Crippen LogP contribution in [0.5, 0.6) is 0 Å². The van der Waals surface area contributed by atoms with Gasteiger partial charge in [-0.3, -0.25) is 0 Å². The van der Waals surface area contributed by atoms with Crippen LogP contribution >= 0.6 is 0 Å². The van der Waals surface area contributed by atoms with Crippen LogP contribution in [0.3, 0.4) is 0 Å². The zero-order chi connectivity index (χ0) is 12.1. The van der Waals surface area contributed by atoms with Crippen molar-refractivity contribution in [3.05, 3.63) is 0 Å². The molecule has 0 radical (unpaired) electrons. The normalized spacial score (nSPS) is 49.6. The Morgan fingerprint density at radius 2 is 1.82 bits per heavy atom. The van der Waals surface area contributed by atoms with Crippen molar-refractivity contribution < 1.29 is 0 Å². The standard InChI is InChI=1S/C15H28N2/c1-2-3-13(17)15-7-11-4-12(8-15)6-14(5-11,9-15)10-16/h11-13H,2-10,16-17H2,1H3/t11-,12+,13-,14?,15?/m1/s1. The van der Waals surface area contributed by atoms with Crippen LogP contribution in [0.2, 0.25) is 0 Å². The first-order chi connectivity index (χ1) is 8.11. The summed E-state index contributed by atoms with van der Waals surface area (Å²) >= 11 is 0. The Bertz CT molecular complexity index is 285. The van der Waals surface area contributed by atoms with Crippen molar-refractivity contribution in [1.82, 2.24) is 0 Å². The molecule has 4 N–H and O–H groups in total. The van der Waals surface area contributed by atoms with Crippen LogP contribution in [-0.4, -0.2) is 12.6 Å². The first-order valence-corrected chi connectivity index (χ1v) is 7.57. The summed E-state index contributed by atoms with van der Waals surface area (Å²) in [5.74, 6) is 1.89. The molecule has 4 aliphatic rings. The van der Waals surface area contributed by atoms with Gasteiger partial charge in [-0.1, -0.05) is 13.3 Å². The van der Waals surface area contributed by atoms with E-state index in [0.29, 0.717) is 16.9 Å². The van der Waals surface area contributed by atoms with Crippen LogP contribution in [0.4, 0.5) is 0 Å². The van der Waals surface area contributed by atoms with Gasteiger partial charge < -0.3 is 11.5 Å². The zero-order valence-electron chi connectivity index (χ0n) is 11.3. The number of rotatable bonds is 4. The van der Waals surface area contributed by atoms with E-state index in [9.17, 15) is 0 Å². The predicted octanol–water partition coefficient (Wildman–Crippen LogP) is 2.66. The molecule has 98 valence electrons. The molecular formula is C15H28N2. The van der Waals surface area contributed by atoms with Crippen LogP contribution in [-0.2, 0) is 0 Å². The van der Waals surface area contributed by atoms with E-state index >= 15 is 0 Å². The van der Waals surface area contributed by atoms with E-state index in [2.05, 4.69) is 6.92 Å². The van der Waals surface area contributed by atoms with E-state index < -0.39 is 0 Å². The molecule has 0 aromatic rings. The monoisotopic (exact) mass is 236 g/mol. The Hall–Kier alpha value is -0.0800. The van der Waals surface area contributed by atoms with Gasteiger partial charge in [-0.05, 0) is 74.2 Å². The molecule has 2 unspecified atom stereocenters. The fourth-order valence-corrected chi connectivity index (χ4v) is 5.82. The first-order valence-electron chi connectivity index (χ1n) is 7.57. The highest BCUT2D eigenvalue weighted by atomic mass is 14.8. The summed E-state index contributed by atoms with van der Waals surface area (Å²) < 4.78 is 0. The topological polar surface area (TPSA) is 52.0 Å². The third-order valence-corrected chi connectivity index (χ3v) is 6.05. The second-order valence-electron chi connectivity index (χ2n) is 7.42. The molecule has 0 heterocycles. The average Bonchev–Trinajstić information content (AvgIpc) is 2.27. The van der Waals surface area contributed by atoms with Gasteiger partial charge in [0.1, 0.15) is 0 Å². The Morgan fingerprint density at radius 1 is 1.18 bits per heavy atom. The molecule has 0 aliphatic heterocycles. The van der Waals surface area contributed by atoms with Gasteiger partial charge >= 0.3 is 0 Å². The molecule has 4 saturated carbocycles. The molecule has 0 spiro atoms. The molecule has 0 aromatic carbocycles. The van der Waals surface area contributed by atoms with Gasteiger partial charge in [0, 0.05) is 6.04 Å². The minimum atomic E-state index is 0.435. The minimum absolute atomic E-state index is 0.435. The Labute approximate surface area is 106 Å². The largest absolute Gasteiger partial charge is 0.330 e. The third-order valence-electron chi connectivity index (χ3n) is 6.05. The minimum Gasteiger partial charge on any atom is -0.330 e. The Balaban J connectivity index is 1.87. The molecule has 0 saturated heterocycles. The highest BCUT2D eigenvalue weighted by Gasteiger charge is 2.58. The second-order valence-corrected chi connectivity index (χ2v) is 7.42. The van der Waals surface area contributed by atoms with Crippen LogP contribution in [0.1, 0.15) is 58.3 Å². The van der Waals surface area contributed by atoms with E-state index in [1.54, 1.807) is 0 Å². The number of nitrogens with two attached hydrogens (primary N) is 2. The third kappa shape index (κ3) is 1.76. The molecule has 2 nitrogen and oxygen atoms in total. The van der Waals surface area contributed by atoms with Gasteiger partial charge in [-0.15, -0.1) is 0 Å². The van der Waals surface area contributed by atoms with Crippen LogP contribution < -0.4 is 11.5 Å². The predicted molar refractivity (Wildman–Crippen MR) is 71.5 cm³/mol. The fraction of sp³-hybridized carbons (Fsp3) is 1.00. The van der Waals surface area contributed by atoms with Crippen molar-refractivity contribution in [3.8, 4) is 0 Å². The molecule has 17 heavy (non-hydrogen) atoms. The Morgan fingerprint density at radius 3 is 2.35 bits per heavy atom. The van der Waals surface area contributed by atoms with Gasteiger partial charge in [0.15, 0.2) is 0 Å². The summed E-state index contributed by atoms with van der Waals surface area (Å²) in [7, 11) is 0. The van der Waals surface area contributed by atoms with E-state index in [1.165, 1.54) is 51.4 Å². The van der Waals surface area contributed by atoms with E-state index in [0.717, 1.165) is 18.4 Å². The SMILES string of the molecule is CCC[C@@H](N)C12C[C@@H]3C[C@@H](CC(CN)(C3)C1)C2. The number of hydrogen-bond acceptors (Lipinski definition) is 2. The van der Waals surface area contributed by atoms with E-state index in [-0.39, 0.29) is 0 Å². The summed E-state index contributed by atoms with van der Waals surface area (Å²) in [4.78, 5) is 0. The van der Waals surface area contributed by atoms with Crippen molar-refractivity contribution in [2.24, 2.45) is 34.1 Å². The van der Waals surface area contributed by atoms with Crippen molar-refractivity contribution in [1.29, 1.82) is 0 Å². The zero-order valence-corrected chi connectivity index (χ0v) is 11.3. The fourth-order valence-electron chi connectivity index (χ4n) is 5.82. The molecule has 4 fully saturated rings. The van der Waals surface area contributed by atoms with Crippen LogP contribution in [0.25, 0.3) is 0 Å².